The highest BCUT2D eigenvalue weighted by Gasteiger charge is 2.38. The second-order valence-electron chi connectivity index (χ2n) is 7.18. The van der Waals surface area contributed by atoms with E-state index in [1.807, 2.05) is 29.2 Å². The third-order valence-electron chi connectivity index (χ3n) is 4.86. The number of carbonyl (C=O) groups is 2. The minimum atomic E-state index is -5.08. The summed E-state index contributed by atoms with van der Waals surface area (Å²) in [5.41, 5.74) is 2.24. The van der Waals surface area contributed by atoms with Crippen LogP contribution < -0.4 is 0 Å². The van der Waals surface area contributed by atoms with Crippen molar-refractivity contribution in [3.63, 3.8) is 0 Å². The zero-order valence-corrected chi connectivity index (χ0v) is 17.1. The zero-order valence-electron chi connectivity index (χ0n) is 17.1. The molecule has 0 spiro atoms. The van der Waals surface area contributed by atoms with Crippen molar-refractivity contribution < 1.29 is 32.6 Å². The SMILES string of the molecule is CC(=O)N1CC[C@@H](OCc2ccccn2)[C@@H](Cc2ccccc2)C1.O=C(O)C(F)(F)F. The molecule has 9 heteroatoms. The second-order valence-corrected chi connectivity index (χ2v) is 7.18. The molecule has 1 aliphatic rings. The van der Waals surface area contributed by atoms with E-state index in [1.54, 1.807) is 13.1 Å². The molecule has 2 atom stereocenters. The van der Waals surface area contributed by atoms with Gasteiger partial charge in [-0.05, 0) is 30.5 Å². The van der Waals surface area contributed by atoms with Gasteiger partial charge in [-0.1, -0.05) is 36.4 Å². The molecular weight excluding hydrogens is 413 g/mol. The van der Waals surface area contributed by atoms with Gasteiger partial charge in [-0.25, -0.2) is 4.79 Å². The van der Waals surface area contributed by atoms with Gasteiger partial charge in [-0.3, -0.25) is 9.78 Å². The second kappa shape index (κ2) is 11.5. The minimum Gasteiger partial charge on any atom is -0.475 e. The molecule has 0 saturated carbocycles. The highest BCUT2D eigenvalue weighted by atomic mass is 19.4. The number of alkyl halides is 3. The normalized spacial score (nSPS) is 18.6. The number of hydrogen-bond donors (Lipinski definition) is 1. The molecule has 1 aliphatic heterocycles. The first-order valence-corrected chi connectivity index (χ1v) is 9.78. The first kappa shape index (κ1) is 24.3. The minimum absolute atomic E-state index is 0.149. The summed E-state index contributed by atoms with van der Waals surface area (Å²) in [5.74, 6) is -2.29. The number of pyridine rings is 1. The van der Waals surface area contributed by atoms with Gasteiger partial charge in [-0.15, -0.1) is 0 Å². The Bertz CT molecular complexity index is 832. The van der Waals surface area contributed by atoms with Crippen LogP contribution in [0.3, 0.4) is 0 Å². The maximum atomic E-state index is 11.8. The van der Waals surface area contributed by atoms with Gasteiger partial charge in [0.1, 0.15) is 0 Å². The van der Waals surface area contributed by atoms with E-state index in [2.05, 4.69) is 29.2 Å². The average Bonchev–Trinajstić information content (AvgIpc) is 2.74. The molecule has 1 aromatic carbocycles. The van der Waals surface area contributed by atoms with Crippen LogP contribution in [0.5, 0.6) is 0 Å². The van der Waals surface area contributed by atoms with Crippen molar-refractivity contribution >= 4 is 11.9 Å². The fraction of sp³-hybridized carbons (Fsp3) is 0.409. The first-order valence-electron chi connectivity index (χ1n) is 9.78. The van der Waals surface area contributed by atoms with Crippen molar-refractivity contribution in [3.8, 4) is 0 Å². The van der Waals surface area contributed by atoms with Gasteiger partial charge >= 0.3 is 12.1 Å². The maximum Gasteiger partial charge on any atom is 0.490 e. The Hall–Kier alpha value is -2.94. The monoisotopic (exact) mass is 438 g/mol. The van der Waals surface area contributed by atoms with E-state index in [-0.39, 0.29) is 12.0 Å². The van der Waals surface area contributed by atoms with Crippen molar-refractivity contribution in [2.24, 2.45) is 5.92 Å². The molecule has 0 bridgehead atoms. The number of piperidine rings is 1. The Balaban J connectivity index is 0.000000423. The number of halogens is 3. The number of benzene rings is 1. The van der Waals surface area contributed by atoms with E-state index in [9.17, 15) is 18.0 Å². The number of carbonyl (C=O) groups excluding carboxylic acids is 1. The summed E-state index contributed by atoms with van der Waals surface area (Å²) in [7, 11) is 0. The molecule has 3 rings (SSSR count). The quantitative estimate of drug-likeness (QED) is 0.770. The van der Waals surface area contributed by atoms with Gasteiger partial charge in [-0.2, -0.15) is 13.2 Å². The predicted octanol–water partition coefficient (Wildman–Crippen LogP) is 3.71. The summed E-state index contributed by atoms with van der Waals surface area (Å²) in [6.07, 6.45) is -1.33. The highest BCUT2D eigenvalue weighted by Crippen LogP contribution is 2.25. The van der Waals surface area contributed by atoms with Crippen LogP contribution in [-0.4, -0.2) is 52.2 Å². The predicted molar refractivity (Wildman–Crippen MR) is 107 cm³/mol. The van der Waals surface area contributed by atoms with E-state index < -0.39 is 12.1 Å². The third-order valence-corrected chi connectivity index (χ3v) is 4.86. The summed E-state index contributed by atoms with van der Waals surface area (Å²) in [6, 6.07) is 16.3. The van der Waals surface area contributed by atoms with Gasteiger partial charge in [0.2, 0.25) is 5.91 Å². The fourth-order valence-electron chi connectivity index (χ4n) is 3.30. The molecule has 31 heavy (non-hydrogen) atoms. The maximum absolute atomic E-state index is 11.8. The first-order chi connectivity index (χ1) is 14.7. The summed E-state index contributed by atoms with van der Waals surface area (Å²) in [4.78, 5) is 26.9. The number of carboxylic acid groups (broad SMARTS) is 1. The number of likely N-dealkylation sites (tertiary alicyclic amines) is 1. The van der Waals surface area contributed by atoms with Crippen LogP contribution >= 0.6 is 0 Å². The van der Waals surface area contributed by atoms with Gasteiger partial charge in [0, 0.05) is 32.1 Å². The molecule has 0 aliphatic carbocycles. The van der Waals surface area contributed by atoms with Crippen molar-refractivity contribution in [1.29, 1.82) is 0 Å². The van der Waals surface area contributed by atoms with E-state index in [0.29, 0.717) is 12.5 Å². The van der Waals surface area contributed by atoms with Crippen LogP contribution in [0.2, 0.25) is 0 Å². The number of amides is 1. The molecule has 168 valence electrons. The van der Waals surface area contributed by atoms with E-state index in [0.717, 1.165) is 31.6 Å². The number of aliphatic carboxylic acids is 1. The molecule has 1 saturated heterocycles. The summed E-state index contributed by atoms with van der Waals surface area (Å²) in [5, 5.41) is 7.12. The molecule has 0 unspecified atom stereocenters. The molecule has 6 nitrogen and oxygen atoms in total. The summed E-state index contributed by atoms with van der Waals surface area (Å²) in [6.45, 7) is 3.70. The van der Waals surface area contributed by atoms with Crippen LogP contribution in [0.4, 0.5) is 13.2 Å². The van der Waals surface area contributed by atoms with Crippen molar-refractivity contribution in [2.45, 2.75) is 38.7 Å². The lowest BCUT2D eigenvalue weighted by molar-refractivity contribution is -0.192. The van der Waals surface area contributed by atoms with Crippen LogP contribution in [0.15, 0.2) is 54.7 Å². The van der Waals surface area contributed by atoms with Crippen molar-refractivity contribution in [2.75, 3.05) is 13.1 Å². The number of hydrogen-bond acceptors (Lipinski definition) is 4. The Labute approximate surface area is 178 Å². The molecule has 2 heterocycles. The van der Waals surface area contributed by atoms with Gasteiger partial charge in [0.25, 0.3) is 0 Å². The van der Waals surface area contributed by atoms with Crippen LogP contribution in [0, 0.1) is 5.92 Å². The lowest BCUT2D eigenvalue weighted by Gasteiger charge is -2.38. The Morgan fingerprint density at radius 1 is 1.16 bits per heavy atom. The largest absolute Gasteiger partial charge is 0.490 e. The smallest absolute Gasteiger partial charge is 0.475 e. The molecule has 1 fully saturated rings. The summed E-state index contributed by atoms with van der Waals surface area (Å²) < 4.78 is 37.9. The van der Waals surface area contributed by atoms with Crippen LogP contribution in [0.25, 0.3) is 0 Å². The lowest BCUT2D eigenvalue weighted by atomic mass is 9.88. The van der Waals surface area contributed by atoms with E-state index in [1.165, 1.54) is 5.56 Å². The van der Waals surface area contributed by atoms with E-state index >= 15 is 0 Å². The Morgan fingerprint density at radius 2 is 1.81 bits per heavy atom. The molecule has 1 amide bonds. The lowest BCUT2D eigenvalue weighted by Crippen LogP contribution is -2.46. The number of nitrogens with zero attached hydrogens (tertiary/aromatic N) is 2. The fourth-order valence-corrected chi connectivity index (χ4v) is 3.30. The number of aromatic nitrogens is 1. The number of carboxylic acids is 1. The van der Waals surface area contributed by atoms with Crippen molar-refractivity contribution in [3.05, 3.63) is 66.0 Å². The molecule has 1 aromatic heterocycles. The topological polar surface area (TPSA) is 79.7 Å². The Morgan fingerprint density at radius 3 is 2.35 bits per heavy atom. The van der Waals surface area contributed by atoms with Gasteiger partial charge < -0.3 is 14.7 Å². The molecular formula is C22H25F3N2O4. The van der Waals surface area contributed by atoms with Crippen LogP contribution in [0.1, 0.15) is 24.6 Å². The zero-order chi connectivity index (χ0) is 22.9. The van der Waals surface area contributed by atoms with Gasteiger partial charge in [0.05, 0.1) is 18.4 Å². The van der Waals surface area contributed by atoms with E-state index in [4.69, 9.17) is 14.6 Å². The van der Waals surface area contributed by atoms with Gasteiger partial charge in [0.15, 0.2) is 0 Å². The molecule has 0 radical (unpaired) electrons. The van der Waals surface area contributed by atoms with Crippen molar-refractivity contribution in [1.82, 2.24) is 9.88 Å². The molecule has 2 aromatic rings. The number of ether oxygens (including phenoxy) is 1. The number of rotatable bonds is 5. The van der Waals surface area contributed by atoms with Crippen LogP contribution in [-0.2, 0) is 27.4 Å². The third kappa shape index (κ3) is 8.37. The summed E-state index contributed by atoms with van der Waals surface area (Å²) >= 11 is 0. The standard InChI is InChI=1S/C20H24N2O2.C2HF3O2/c1-16(23)22-12-10-20(24-15-19-9-5-6-11-21-19)18(14-22)13-17-7-3-2-4-8-17;3-2(4,5)1(6)7/h2-9,11,18,20H,10,12-15H2,1H3;(H,6,7)/t18-,20+;/m0./s1. The Kier molecular flexibility index (Phi) is 8.99. The molecule has 1 N–H and O–H groups in total. The average molecular weight is 438 g/mol. The highest BCUT2D eigenvalue weighted by molar-refractivity contribution is 5.73.